The minimum absolute atomic E-state index is 0.00451. The first-order valence-corrected chi connectivity index (χ1v) is 14.6. The highest BCUT2D eigenvalue weighted by atomic mass is 35.5. The Labute approximate surface area is 236 Å². The average Bonchev–Trinajstić information content (AvgIpc) is 2.87. The molecule has 0 saturated carbocycles. The summed E-state index contributed by atoms with van der Waals surface area (Å²) in [5, 5.41) is 8.60. The fourth-order valence-corrected chi connectivity index (χ4v) is 6.52. The Hall–Kier alpha value is -2.87. The van der Waals surface area contributed by atoms with Crippen LogP contribution in [0.3, 0.4) is 0 Å². The van der Waals surface area contributed by atoms with E-state index in [2.05, 4.69) is 4.98 Å². The van der Waals surface area contributed by atoms with Crippen LogP contribution in [0.4, 0.5) is 13.2 Å². The molecular weight excluding hydrogens is 598 g/mol. The van der Waals surface area contributed by atoms with Gasteiger partial charge in [-0.3, -0.25) is 19.1 Å². The number of benzene rings is 2. The number of carboxylic acid groups (broad SMARTS) is 1. The third-order valence-electron chi connectivity index (χ3n) is 6.95. The molecule has 1 aliphatic rings. The van der Waals surface area contributed by atoms with Crippen molar-refractivity contribution < 1.29 is 31.5 Å². The lowest BCUT2D eigenvalue weighted by Gasteiger charge is -2.33. The van der Waals surface area contributed by atoms with Crippen molar-refractivity contribution in [1.29, 1.82) is 0 Å². The molecule has 40 heavy (non-hydrogen) atoms. The minimum atomic E-state index is -4.97. The van der Waals surface area contributed by atoms with Gasteiger partial charge in [0.05, 0.1) is 38.7 Å². The van der Waals surface area contributed by atoms with Crippen LogP contribution in [0.25, 0.3) is 10.9 Å². The Morgan fingerprint density at radius 1 is 1.15 bits per heavy atom. The van der Waals surface area contributed by atoms with Crippen molar-refractivity contribution in [3.05, 3.63) is 71.8 Å². The van der Waals surface area contributed by atoms with Gasteiger partial charge in [0.15, 0.2) is 9.84 Å². The summed E-state index contributed by atoms with van der Waals surface area (Å²) in [7, 11) is -3.80. The van der Waals surface area contributed by atoms with Crippen LogP contribution < -0.4 is 11.2 Å². The van der Waals surface area contributed by atoms with E-state index in [0.717, 1.165) is 0 Å². The van der Waals surface area contributed by atoms with Crippen molar-refractivity contribution in [2.75, 3.05) is 12.3 Å². The molecule has 0 amide bonds. The SMILES string of the molecule is CCS(=O)(=O)c1ccc(Cl)cc1Cn1c(=O)[nH]c2c(Cl)c(CN3CCCC[C@H]3C(=O)O)c(C(F)(F)F)cc2c1=O. The summed E-state index contributed by atoms with van der Waals surface area (Å²) < 4.78 is 68.4. The van der Waals surface area contributed by atoms with E-state index in [1.807, 2.05) is 0 Å². The number of halogens is 5. The van der Waals surface area contributed by atoms with Crippen molar-refractivity contribution in [1.82, 2.24) is 14.5 Å². The summed E-state index contributed by atoms with van der Waals surface area (Å²) in [5.41, 5.74) is -4.21. The van der Waals surface area contributed by atoms with E-state index in [-0.39, 0.29) is 39.7 Å². The lowest BCUT2D eigenvalue weighted by molar-refractivity contribution is -0.145. The lowest BCUT2D eigenvalue weighted by atomic mass is 9.98. The number of piperidine rings is 1. The first kappa shape index (κ1) is 30.1. The molecule has 0 aliphatic carbocycles. The Morgan fingerprint density at radius 3 is 2.48 bits per heavy atom. The summed E-state index contributed by atoms with van der Waals surface area (Å²) in [4.78, 5) is 41.7. The summed E-state index contributed by atoms with van der Waals surface area (Å²) >= 11 is 12.4. The van der Waals surface area contributed by atoms with E-state index in [4.69, 9.17) is 23.2 Å². The van der Waals surface area contributed by atoms with Crippen molar-refractivity contribution in [3.8, 4) is 0 Å². The molecule has 2 aromatic carbocycles. The molecule has 1 aliphatic heterocycles. The van der Waals surface area contributed by atoms with Gasteiger partial charge in [0.25, 0.3) is 5.56 Å². The van der Waals surface area contributed by atoms with Gasteiger partial charge in [0, 0.05) is 11.6 Å². The van der Waals surface area contributed by atoms with Gasteiger partial charge >= 0.3 is 17.8 Å². The van der Waals surface area contributed by atoms with Crippen molar-refractivity contribution in [2.45, 2.75) is 56.4 Å². The van der Waals surface area contributed by atoms with Gasteiger partial charge in [-0.15, -0.1) is 0 Å². The highest BCUT2D eigenvalue weighted by Gasteiger charge is 2.38. The molecule has 0 spiro atoms. The summed E-state index contributed by atoms with van der Waals surface area (Å²) in [6, 6.07) is 3.38. The number of alkyl halides is 3. The molecule has 0 unspecified atom stereocenters. The fourth-order valence-electron chi connectivity index (χ4n) is 4.91. The molecule has 1 atom stereocenters. The van der Waals surface area contributed by atoms with Crippen molar-refractivity contribution >= 4 is 49.9 Å². The van der Waals surface area contributed by atoms with Crippen LogP contribution in [-0.2, 0) is 33.9 Å². The van der Waals surface area contributed by atoms with Gasteiger partial charge in [-0.1, -0.05) is 36.5 Å². The minimum Gasteiger partial charge on any atom is -0.480 e. The number of nitrogens with zero attached hydrogens (tertiary/aromatic N) is 2. The van der Waals surface area contributed by atoms with Crippen LogP contribution in [-0.4, -0.2) is 52.3 Å². The fraction of sp³-hybridized carbons (Fsp3) is 0.400. The maximum Gasteiger partial charge on any atom is 0.416 e. The normalized spacial score (nSPS) is 16.9. The number of aromatic nitrogens is 2. The predicted molar refractivity (Wildman–Crippen MR) is 143 cm³/mol. The van der Waals surface area contributed by atoms with Gasteiger partial charge in [0.1, 0.15) is 6.04 Å². The summed E-state index contributed by atoms with van der Waals surface area (Å²) in [6.07, 6.45) is -3.53. The standard InChI is InChI=1S/C25H24Cl2F3N3O6S/c1-2-40(38,39)19-7-6-14(26)9-13(19)11-33-22(34)15-10-17(25(28,29)30)16(20(27)21(15)31-24(33)37)12-32-8-4-3-5-18(32)23(35)36/h6-7,9-10,18H,2-5,8,11-12H2,1H3,(H,31,37)(H,35,36)/t18-/m0/s1. The number of hydrogen-bond acceptors (Lipinski definition) is 6. The molecule has 2 heterocycles. The maximum absolute atomic E-state index is 14.2. The monoisotopic (exact) mass is 621 g/mol. The number of H-pyrrole nitrogens is 1. The topological polar surface area (TPSA) is 130 Å². The second kappa shape index (κ2) is 11.2. The molecule has 4 rings (SSSR count). The van der Waals surface area contributed by atoms with Crippen molar-refractivity contribution in [3.63, 3.8) is 0 Å². The third-order valence-corrected chi connectivity index (χ3v) is 9.43. The molecule has 3 aromatic rings. The summed E-state index contributed by atoms with van der Waals surface area (Å²) in [5.74, 6) is -1.45. The highest BCUT2D eigenvalue weighted by Crippen LogP contribution is 2.39. The predicted octanol–water partition coefficient (Wildman–Crippen LogP) is 4.30. The third kappa shape index (κ3) is 5.78. The number of sulfone groups is 1. The van der Waals surface area contributed by atoms with Crippen LogP contribution in [0.5, 0.6) is 0 Å². The number of aliphatic carboxylic acids is 1. The number of carboxylic acids is 1. The van der Waals surface area contributed by atoms with E-state index in [0.29, 0.717) is 23.5 Å². The Morgan fingerprint density at radius 2 is 1.85 bits per heavy atom. The number of likely N-dealkylation sites (tertiary alicyclic amines) is 1. The zero-order valence-electron chi connectivity index (χ0n) is 21.0. The quantitative estimate of drug-likeness (QED) is 0.402. The second-order valence-corrected chi connectivity index (χ2v) is 12.5. The largest absolute Gasteiger partial charge is 0.480 e. The maximum atomic E-state index is 14.2. The molecule has 0 radical (unpaired) electrons. The smallest absolute Gasteiger partial charge is 0.416 e. The zero-order valence-corrected chi connectivity index (χ0v) is 23.3. The van der Waals surface area contributed by atoms with Crippen LogP contribution in [0.1, 0.15) is 42.9 Å². The van der Waals surface area contributed by atoms with Gasteiger partial charge in [-0.2, -0.15) is 13.2 Å². The molecule has 1 aromatic heterocycles. The second-order valence-electron chi connectivity index (χ2n) is 9.43. The van der Waals surface area contributed by atoms with Crippen LogP contribution in [0.15, 0.2) is 38.8 Å². The number of hydrogen-bond donors (Lipinski definition) is 2. The van der Waals surface area contributed by atoms with Gasteiger partial charge < -0.3 is 10.1 Å². The summed E-state index contributed by atoms with van der Waals surface area (Å²) in [6.45, 7) is 0.577. The first-order chi connectivity index (χ1) is 18.7. The van der Waals surface area contributed by atoms with Gasteiger partial charge in [-0.05, 0) is 54.8 Å². The molecule has 0 bridgehead atoms. The molecule has 1 saturated heterocycles. The van der Waals surface area contributed by atoms with Crippen LogP contribution in [0, 0.1) is 0 Å². The number of nitrogens with one attached hydrogen (secondary N) is 1. The van der Waals surface area contributed by atoms with Crippen LogP contribution >= 0.6 is 23.2 Å². The molecule has 9 nitrogen and oxygen atoms in total. The lowest BCUT2D eigenvalue weighted by Crippen LogP contribution is -2.44. The van der Waals surface area contributed by atoms with E-state index in [1.54, 1.807) is 0 Å². The molecule has 2 N–H and O–H groups in total. The van der Waals surface area contributed by atoms with E-state index >= 15 is 0 Å². The van der Waals surface area contributed by atoms with Gasteiger partial charge in [-0.25, -0.2) is 13.2 Å². The number of aromatic amines is 1. The highest BCUT2D eigenvalue weighted by molar-refractivity contribution is 7.91. The Bertz CT molecular complexity index is 1720. The first-order valence-electron chi connectivity index (χ1n) is 12.2. The Kier molecular flexibility index (Phi) is 8.42. The Balaban J connectivity index is 1.91. The number of rotatable bonds is 7. The van der Waals surface area contributed by atoms with Crippen LogP contribution in [0.2, 0.25) is 10.0 Å². The van der Waals surface area contributed by atoms with E-state index < -0.39 is 73.9 Å². The molecule has 216 valence electrons. The van der Waals surface area contributed by atoms with Gasteiger partial charge in [0.2, 0.25) is 0 Å². The molecule has 1 fully saturated rings. The molecular formula is C25H24Cl2F3N3O6S. The zero-order chi connectivity index (χ0) is 29.6. The molecule has 15 heteroatoms. The number of fused-ring (bicyclic) bond motifs is 1. The average molecular weight is 622 g/mol. The van der Waals surface area contributed by atoms with Crippen molar-refractivity contribution in [2.24, 2.45) is 0 Å². The van der Waals surface area contributed by atoms with E-state index in [1.165, 1.54) is 30.0 Å². The number of carbonyl (C=O) groups is 1. The van der Waals surface area contributed by atoms with E-state index in [9.17, 15) is 41.1 Å².